The van der Waals surface area contributed by atoms with Gasteiger partial charge in [-0.05, 0) is 18.2 Å². The third kappa shape index (κ3) is 3.77. The standard InChI is InChI=1S/C14H6Cl2F4N2O3/c15-4-3-6(11(19)9(16)10(4)18)21-14(25)22-13(24)8-5(17)1-2-7(23)12(8)20/h1-3,23H,(H2,21,22,24,25). The highest BCUT2D eigenvalue weighted by Gasteiger charge is 2.23. The van der Waals surface area contributed by atoms with E-state index in [1.54, 1.807) is 5.32 Å². The summed E-state index contributed by atoms with van der Waals surface area (Å²) < 4.78 is 54.1. The van der Waals surface area contributed by atoms with E-state index >= 15 is 0 Å². The van der Waals surface area contributed by atoms with Crippen LogP contribution in [-0.2, 0) is 0 Å². The summed E-state index contributed by atoms with van der Waals surface area (Å²) in [6, 6.07) is 0.534. The molecule has 0 fully saturated rings. The minimum absolute atomic E-state index is 0.602. The van der Waals surface area contributed by atoms with Gasteiger partial charge in [0.15, 0.2) is 23.2 Å². The summed E-state index contributed by atoms with van der Waals surface area (Å²) >= 11 is 10.8. The molecule has 11 heteroatoms. The highest BCUT2D eigenvalue weighted by molar-refractivity contribution is 6.35. The zero-order chi connectivity index (χ0) is 18.9. The Hall–Kier alpha value is -2.52. The molecule has 25 heavy (non-hydrogen) atoms. The number of rotatable bonds is 2. The molecular weight excluding hydrogens is 391 g/mol. The maximum atomic E-state index is 13.7. The molecule has 3 N–H and O–H groups in total. The highest BCUT2D eigenvalue weighted by atomic mass is 35.5. The summed E-state index contributed by atoms with van der Waals surface area (Å²) in [6.07, 6.45) is 0. The molecule has 0 spiro atoms. The van der Waals surface area contributed by atoms with E-state index in [-0.39, 0.29) is 0 Å². The van der Waals surface area contributed by atoms with Crippen LogP contribution < -0.4 is 10.6 Å². The van der Waals surface area contributed by atoms with Gasteiger partial charge in [-0.25, -0.2) is 22.4 Å². The number of aromatic hydroxyl groups is 1. The van der Waals surface area contributed by atoms with E-state index in [1.165, 1.54) is 5.32 Å². The number of phenols is 1. The monoisotopic (exact) mass is 396 g/mol. The van der Waals surface area contributed by atoms with Crippen molar-refractivity contribution in [3.05, 3.63) is 57.1 Å². The lowest BCUT2D eigenvalue weighted by Crippen LogP contribution is -2.35. The number of phenolic OH excluding ortho intramolecular Hbond substituents is 1. The van der Waals surface area contributed by atoms with Gasteiger partial charge in [0.05, 0.1) is 10.7 Å². The van der Waals surface area contributed by atoms with Crippen LogP contribution in [0.25, 0.3) is 0 Å². The first-order chi connectivity index (χ1) is 11.6. The van der Waals surface area contributed by atoms with Gasteiger partial charge in [-0.3, -0.25) is 10.1 Å². The number of nitrogens with one attached hydrogen (secondary N) is 2. The predicted molar refractivity (Wildman–Crippen MR) is 80.9 cm³/mol. The number of urea groups is 1. The molecule has 0 saturated heterocycles. The maximum absolute atomic E-state index is 13.7. The summed E-state index contributed by atoms with van der Waals surface area (Å²) in [6.45, 7) is 0. The first-order valence-electron chi connectivity index (χ1n) is 6.25. The molecule has 0 aliphatic carbocycles. The first-order valence-corrected chi connectivity index (χ1v) is 7.01. The van der Waals surface area contributed by atoms with Crippen LogP contribution in [0.2, 0.25) is 10.0 Å². The zero-order valence-corrected chi connectivity index (χ0v) is 13.3. The van der Waals surface area contributed by atoms with Gasteiger partial charge in [0.2, 0.25) is 0 Å². The van der Waals surface area contributed by atoms with E-state index in [1.807, 2.05) is 0 Å². The van der Waals surface area contributed by atoms with Crippen LogP contribution in [0.4, 0.5) is 28.0 Å². The van der Waals surface area contributed by atoms with Crippen molar-refractivity contribution in [2.45, 2.75) is 0 Å². The van der Waals surface area contributed by atoms with Gasteiger partial charge in [-0.1, -0.05) is 23.2 Å². The van der Waals surface area contributed by atoms with E-state index in [4.69, 9.17) is 28.3 Å². The fourth-order valence-corrected chi connectivity index (χ4v) is 2.19. The lowest BCUT2D eigenvalue weighted by molar-refractivity contribution is 0.0958. The molecule has 132 valence electrons. The molecule has 5 nitrogen and oxygen atoms in total. The van der Waals surface area contributed by atoms with E-state index < -0.39 is 62.3 Å². The van der Waals surface area contributed by atoms with Gasteiger partial charge in [0.1, 0.15) is 16.4 Å². The van der Waals surface area contributed by atoms with Crippen LogP contribution in [0.1, 0.15) is 10.4 Å². The summed E-state index contributed by atoms with van der Waals surface area (Å²) in [5.41, 5.74) is -1.91. The van der Waals surface area contributed by atoms with Gasteiger partial charge >= 0.3 is 6.03 Å². The molecule has 0 unspecified atom stereocenters. The Morgan fingerprint density at radius 2 is 1.64 bits per heavy atom. The number of carbonyl (C=O) groups is 2. The summed E-state index contributed by atoms with van der Waals surface area (Å²) in [7, 11) is 0. The molecule has 3 amide bonds. The van der Waals surface area contributed by atoms with Crippen molar-refractivity contribution in [1.29, 1.82) is 0 Å². The van der Waals surface area contributed by atoms with Gasteiger partial charge in [-0.15, -0.1) is 0 Å². The van der Waals surface area contributed by atoms with Crippen LogP contribution >= 0.6 is 23.2 Å². The third-order valence-corrected chi connectivity index (χ3v) is 3.48. The van der Waals surface area contributed by atoms with Crippen molar-refractivity contribution >= 4 is 40.8 Å². The van der Waals surface area contributed by atoms with Crippen LogP contribution in [0, 0.1) is 23.3 Å². The molecule has 0 heterocycles. The van der Waals surface area contributed by atoms with Crippen molar-refractivity contribution in [3.8, 4) is 5.75 Å². The van der Waals surface area contributed by atoms with Crippen molar-refractivity contribution in [2.24, 2.45) is 0 Å². The summed E-state index contributed by atoms with van der Waals surface area (Å²) in [4.78, 5) is 23.4. The minimum atomic E-state index is -1.59. The number of halogens is 6. The lowest BCUT2D eigenvalue weighted by atomic mass is 10.1. The molecule has 0 aliphatic rings. The summed E-state index contributed by atoms with van der Waals surface area (Å²) in [5.74, 6) is -8.14. The van der Waals surface area contributed by atoms with Gasteiger partial charge in [-0.2, -0.15) is 0 Å². The van der Waals surface area contributed by atoms with Crippen molar-refractivity contribution < 1.29 is 32.3 Å². The third-order valence-electron chi connectivity index (χ3n) is 2.88. The smallest absolute Gasteiger partial charge is 0.326 e. The summed E-state index contributed by atoms with van der Waals surface area (Å²) in [5, 5.41) is 10.8. The fourth-order valence-electron chi connectivity index (χ4n) is 1.73. The average molecular weight is 397 g/mol. The molecule has 0 aliphatic heterocycles. The maximum Gasteiger partial charge on any atom is 0.326 e. The number of carbonyl (C=O) groups excluding carboxylic acids is 2. The van der Waals surface area contributed by atoms with Crippen LogP contribution in [0.15, 0.2) is 18.2 Å². The average Bonchev–Trinajstić information content (AvgIpc) is 2.54. The van der Waals surface area contributed by atoms with Gasteiger partial charge in [0, 0.05) is 0 Å². The Morgan fingerprint density at radius 1 is 1.00 bits per heavy atom. The predicted octanol–water partition coefficient (Wildman–Crippen LogP) is 4.22. The molecule has 0 aromatic heterocycles. The number of hydrogen-bond acceptors (Lipinski definition) is 3. The molecule has 0 bridgehead atoms. The second kappa shape index (κ2) is 7.16. The molecule has 2 aromatic rings. The Morgan fingerprint density at radius 3 is 2.28 bits per heavy atom. The second-order valence-corrected chi connectivity index (χ2v) is 5.30. The number of hydrogen-bond donors (Lipinski definition) is 3. The van der Waals surface area contributed by atoms with Crippen LogP contribution in [0.3, 0.4) is 0 Å². The van der Waals surface area contributed by atoms with Gasteiger partial charge in [0.25, 0.3) is 5.91 Å². The molecule has 0 radical (unpaired) electrons. The molecule has 2 aromatic carbocycles. The van der Waals surface area contributed by atoms with E-state index in [0.29, 0.717) is 18.2 Å². The number of benzene rings is 2. The topological polar surface area (TPSA) is 78.4 Å². The first kappa shape index (κ1) is 18.8. The Kier molecular flexibility index (Phi) is 5.39. The Bertz CT molecular complexity index is 893. The lowest BCUT2D eigenvalue weighted by Gasteiger charge is -2.10. The molecular formula is C14H6Cl2F4N2O3. The molecule has 2 rings (SSSR count). The SMILES string of the molecule is O=C(NC(=O)c1c(F)ccc(O)c1F)Nc1cc(Cl)c(F)c(Cl)c1F. The van der Waals surface area contributed by atoms with E-state index in [9.17, 15) is 27.2 Å². The fraction of sp³-hybridized carbons (Fsp3) is 0. The second-order valence-electron chi connectivity index (χ2n) is 4.51. The molecule has 0 atom stereocenters. The van der Waals surface area contributed by atoms with Gasteiger partial charge < -0.3 is 10.4 Å². The van der Waals surface area contributed by atoms with Crippen molar-refractivity contribution in [1.82, 2.24) is 5.32 Å². The normalized spacial score (nSPS) is 10.5. The van der Waals surface area contributed by atoms with Crippen molar-refractivity contribution in [2.75, 3.05) is 5.32 Å². The van der Waals surface area contributed by atoms with Crippen LogP contribution in [-0.4, -0.2) is 17.0 Å². The highest BCUT2D eigenvalue weighted by Crippen LogP contribution is 2.31. The minimum Gasteiger partial charge on any atom is -0.505 e. The largest absolute Gasteiger partial charge is 0.505 e. The Labute approximate surface area is 147 Å². The van der Waals surface area contributed by atoms with E-state index in [2.05, 4.69) is 0 Å². The van der Waals surface area contributed by atoms with Crippen LogP contribution in [0.5, 0.6) is 5.75 Å². The zero-order valence-electron chi connectivity index (χ0n) is 11.8. The van der Waals surface area contributed by atoms with E-state index in [0.717, 1.165) is 0 Å². The number of anilines is 1. The number of imide groups is 1. The Balaban J connectivity index is 2.22. The van der Waals surface area contributed by atoms with Crippen molar-refractivity contribution in [3.63, 3.8) is 0 Å². The quantitative estimate of drug-likeness (QED) is 0.404. The number of amides is 3. The molecule has 0 saturated carbocycles.